The van der Waals surface area contributed by atoms with Crippen LogP contribution in [-0.2, 0) is 14.4 Å². The van der Waals surface area contributed by atoms with Crippen LogP contribution in [0, 0.1) is 5.92 Å². The summed E-state index contributed by atoms with van der Waals surface area (Å²) in [5.74, 6) is -2.28. The number of carbonyl (C=O) groups is 4. The average molecular weight is 655 g/mol. The first kappa shape index (κ1) is 33.9. The lowest BCUT2D eigenvalue weighted by Crippen LogP contribution is -2.51. The normalized spacial score (nSPS) is 14.2. The highest BCUT2D eigenvalue weighted by molar-refractivity contribution is 7.98. The zero-order chi connectivity index (χ0) is 31.7. The van der Waals surface area contributed by atoms with Crippen molar-refractivity contribution < 1.29 is 38.5 Å². The van der Waals surface area contributed by atoms with Gasteiger partial charge in [-0.2, -0.15) is 0 Å². The molecule has 0 aromatic heterocycles. The van der Waals surface area contributed by atoms with Crippen LogP contribution in [0.4, 0.5) is 0 Å². The Balaban J connectivity index is 1.54. The second-order valence-electron chi connectivity index (χ2n) is 9.44. The van der Waals surface area contributed by atoms with Crippen molar-refractivity contribution in [2.45, 2.75) is 23.8 Å². The Bertz CT molecular complexity index is 1370. The Kier molecular flexibility index (Phi) is 12.4. The van der Waals surface area contributed by atoms with E-state index in [4.69, 9.17) is 37.4 Å². The largest absolute Gasteiger partial charge is 0.493 e. The number of benzene rings is 2. The van der Waals surface area contributed by atoms with Crippen LogP contribution in [0.3, 0.4) is 0 Å². The lowest BCUT2D eigenvalue weighted by atomic mass is 9.95. The van der Waals surface area contributed by atoms with Gasteiger partial charge in [-0.25, -0.2) is 4.79 Å². The fourth-order valence-corrected chi connectivity index (χ4v) is 5.63. The maximum atomic E-state index is 12.9. The van der Waals surface area contributed by atoms with Gasteiger partial charge in [0, 0.05) is 42.1 Å². The Morgan fingerprint density at radius 3 is 2.21 bits per heavy atom. The van der Waals surface area contributed by atoms with Crippen molar-refractivity contribution >= 4 is 64.7 Å². The first-order chi connectivity index (χ1) is 20.5. The van der Waals surface area contributed by atoms with Crippen molar-refractivity contribution in [3.63, 3.8) is 0 Å². The van der Waals surface area contributed by atoms with E-state index in [0.29, 0.717) is 47.3 Å². The number of hydrogen-bond donors (Lipinski definition) is 3. The maximum absolute atomic E-state index is 12.9. The zero-order valence-corrected chi connectivity index (χ0v) is 26.4. The maximum Gasteiger partial charge on any atom is 0.328 e. The fraction of sp³-hybridized carbons (Fsp3) is 0.379. The van der Waals surface area contributed by atoms with Gasteiger partial charge in [-0.1, -0.05) is 29.3 Å². The number of rotatable bonds is 12. The van der Waals surface area contributed by atoms with Gasteiger partial charge in [0.15, 0.2) is 11.5 Å². The van der Waals surface area contributed by atoms with Crippen molar-refractivity contribution in [2.75, 3.05) is 47.2 Å². The minimum Gasteiger partial charge on any atom is -0.493 e. The lowest BCUT2D eigenvalue weighted by molar-refractivity contribution is -0.142. The number of hydrogen-bond acceptors (Lipinski definition) is 8. The molecule has 1 fully saturated rings. The van der Waals surface area contributed by atoms with Crippen LogP contribution in [0.15, 0.2) is 35.2 Å². The second-order valence-corrected chi connectivity index (χ2v) is 11.0. The molecular formula is C29H33Cl2N3O8S. The number of thioether (sulfide) groups is 1. The minimum absolute atomic E-state index is 0.151. The van der Waals surface area contributed by atoms with E-state index in [-0.39, 0.29) is 29.5 Å². The molecule has 11 nitrogen and oxygen atoms in total. The number of carbonyl (C=O) groups excluding carboxylic acids is 3. The topological polar surface area (TPSA) is 144 Å². The first-order valence-corrected chi connectivity index (χ1v) is 15.1. The number of carboxylic acids is 1. The molecule has 0 saturated carbocycles. The van der Waals surface area contributed by atoms with Gasteiger partial charge < -0.3 is 34.9 Å². The molecule has 1 heterocycles. The number of amides is 3. The minimum atomic E-state index is -1.37. The molecule has 14 heteroatoms. The summed E-state index contributed by atoms with van der Waals surface area (Å²) in [6, 6.07) is 5.11. The number of nitrogens with zero attached hydrogens (tertiary/aromatic N) is 1. The number of halogens is 2. The molecule has 0 spiro atoms. The molecule has 2 aromatic rings. The smallest absolute Gasteiger partial charge is 0.328 e. The summed E-state index contributed by atoms with van der Waals surface area (Å²) in [5, 5.41) is 15.5. The SMILES string of the molecule is COc1cc(C(=O)NC[C@H](NC(=O)C2CCN(C(=O)C=Cc3ccc(SC)c(Cl)c3Cl)CC2)C(=O)O)cc(OC)c1OC. The Hall–Kier alpha value is -3.61. The van der Waals surface area contributed by atoms with E-state index in [2.05, 4.69) is 10.6 Å². The summed E-state index contributed by atoms with van der Waals surface area (Å²) in [6.45, 7) is 0.275. The highest BCUT2D eigenvalue weighted by Crippen LogP contribution is 2.38. The van der Waals surface area contributed by atoms with Crippen LogP contribution in [0.5, 0.6) is 17.2 Å². The Morgan fingerprint density at radius 2 is 1.67 bits per heavy atom. The molecule has 0 aliphatic carbocycles. The summed E-state index contributed by atoms with van der Waals surface area (Å²) in [5.41, 5.74) is 0.766. The van der Waals surface area contributed by atoms with Gasteiger partial charge in [0.2, 0.25) is 17.6 Å². The highest BCUT2D eigenvalue weighted by atomic mass is 35.5. The van der Waals surface area contributed by atoms with E-state index in [9.17, 15) is 24.3 Å². The molecule has 0 radical (unpaired) electrons. The number of methoxy groups -OCH3 is 3. The third-order valence-electron chi connectivity index (χ3n) is 6.89. The molecule has 3 N–H and O–H groups in total. The van der Waals surface area contributed by atoms with E-state index in [0.717, 1.165) is 4.90 Å². The standard InChI is InChI=1S/C29H33Cl2N3O8S/c1-40-20-13-18(14-21(41-2)26(20)42-3)27(36)32-15-19(29(38)39)33-28(37)17-9-11-34(12-10-17)23(35)8-6-16-5-7-22(43-4)25(31)24(16)30/h5-8,13-14,17,19H,9-12,15H2,1-4H3,(H,32,36)(H,33,37)(H,38,39)/t19-/m0/s1. The summed E-state index contributed by atoms with van der Waals surface area (Å²) < 4.78 is 15.7. The van der Waals surface area contributed by atoms with Crippen molar-refractivity contribution in [1.82, 2.24) is 15.5 Å². The van der Waals surface area contributed by atoms with E-state index in [1.165, 1.54) is 51.3 Å². The molecule has 1 atom stereocenters. The van der Waals surface area contributed by atoms with Crippen molar-refractivity contribution in [3.05, 3.63) is 51.5 Å². The van der Waals surface area contributed by atoms with Gasteiger partial charge in [-0.3, -0.25) is 14.4 Å². The molecule has 0 bridgehead atoms. The monoisotopic (exact) mass is 653 g/mol. The molecular weight excluding hydrogens is 621 g/mol. The number of piperidine rings is 1. The summed E-state index contributed by atoms with van der Waals surface area (Å²) >= 11 is 14.1. The quantitative estimate of drug-likeness (QED) is 0.229. The van der Waals surface area contributed by atoms with Gasteiger partial charge >= 0.3 is 5.97 Å². The molecule has 1 saturated heterocycles. The molecule has 2 aromatic carbocycles. The van der Waals surface area contributed by atoms with Crippen LogP contribution in [0.1, 0.15) is 28.8 Å². The third-order valence-corrected chi connectivity index (χ3v) is 8.68. The second kappa shape index (κ2) is 15.7. The van der Waals surface area contributed by atoms with Crippen LogP contribution in [0.2, 0.25) is 10.0 Å². The van der Waals surface area contributed by atoms with E-state index < -0.39 is 29.7 Å². The molecule has 1 aliphatic heterocycles. The van der Waals surface area contributed by atoms with Crippen LogP contribution < -0.4 is 24.8 Å². The predicted molar refractivity (Wildman–Crippen MR) is 165 cm³/mol. The van der Waals surface area contributed by atoms with Gasteiger partial charge in [-0.15, -0.1) is 11.8 Å². The van der Waals surface area contributed by atoms with Gasteiger partial charge in [-0.05, 0) is 48.9 Å². The molecule has 0 unspecified atom stereocenters. The summed E-state index contributed by atoms with van der Waals surface area (Å²) in [6.07, 6.45) is 5.60. The fourth-order valence-electron chi connectivity index (χ4n) is 4.46. The predicted octanol–water partition coefficient (Wildman–Crippen LogP) is 3.99. The summed E-state index contributed by atoms with van der Waals surface area (Å²) in [4.78, 5) is 52.7. The Morgan fingerprint density at radius 1 is 1.05 bits per heavy atom. The van der Waals surface area contributed by atoms with Gasteiger partial charge in [0.05, 0.1) is 31.4 Å². The lowest BCUT2D eigenvalue weighted by Gasteiger charge is -2.31. The Labute approximate surface area is 263 Å². The van der Waals surface area contributed by atoms with E-state index in [1.54, 1.807) is 17.0 Å². The summed E-state index contributed by atoms with van der Waals surface area (Å²) in [7, 11) is 4.24. The average Bonchev–Trinajstić information content (AvgIpc) is 3.02. The molecule has 43 heavy (non-hydrogen) atoms. The van der Waals surface area contributed by atoms with Crippen molar-refractivity contribution in [3.8, 4) is 17.2 Å². The van der Waals surface area contributed by atoms with Crippen LogP contribution >= 0.6 is 35.0 Å². The molecule has 232 valence electrons. The van der Waals surface area contributed by atoms with Crippen molar-refractivity contribution in [1.29, 1.82) is 0 Å². The number of carboxylic acid groups (broad SMARTS) is 1. The van der Waals surface area contributed by atoms with Gasteiger partial charge in [0.25, 0.3) is 5.91 Å². The highest BCUT2D eigenvalue weighted by Gasteiger charge is 2.30. The molecule has 1 aliphatic rings. The molecule has 3 rings (SSSR count). The number of likely N-dealkylation sites (tertiary alicyclic amines) is 1. The number of aliphatic carboxylic acids is 1. The third kappa shape index (κ3) is 8.49. The number of nitrogens with one attached hydrogen (secondary N) is 2. The van der Waals surface area contributed by atoms with E-state index >= 15 is 0 Å². The zero-order valence-electron chi connectivity index (χ0n) is 24.1. The van der Waals surface area contributed by atoms with E-state index in [1.807, 2.05) is 12.3 Å². The van der Waals surface area contributed by atoms with Crippen LogP contribution in [-0.4, -0.2) is 87.0 Å². The van der Waals surface area contributed by atoms with Crippen molar-refractivity contribution in [2.24, 2.45) is 5.92 Å². The molecule has 3 amide bonds. The first-order valence-electron chi connectivity index (χ1n) is 13.1. The van der Waals surface area contributed by atoms with Crippen LogP contribution in [0.25, 0.3) is 6.08 Å². The van der Waals surface area contributed by atoms with Gasteiger partial charge in [0.1, 0.15) is 6.04 Å². The number of ether oxygens (including phenoxy) is 3.